The highest BCUT2D eigenvalue weighted by molar-refractivity contribution is 6.09. The smallest absolute Gasteiger partial charge is 0.317 e. The molecule has 0 heterocycles. The molecule has 0 saturated heterocycles. The Labute approximate surface area is 143 Å². The van der Waals surface area contributed by atoms with Crippen LogP contribution in [0.15, 0.2) is 30.3 Å². The highest BCUT2D eigenvalue weighted by Crippen LogP contribution is 2.31. The Morgan fingerprint density at radius 2 is 1.79 bits per heavy atom. The molecule has 1 fully saturated rings. The van der Waals surface area contributed by atoms with Crippen molar-refractivity contribution in [2.24, 2.45) is 11.8 Å². The minimum atomic E-state index is -0.909. The Morgan fingerprint density at radius 3 is 2.42 bits per heavy atom. The van der Waals surface area contributed by atoms with Gasteiger partial charge < -0.3 is 4.74 Å². The minimum absolute atomic E-state index is 0.131. The summed E-state index contributed by atoms with van der Waals surface area (Å²) in [6.45, 7) is 5.35. The predicted molar refractivity (Wildman–Crippen MR) is 91.7 cm³/mol. The molecule has 0 aromatic heterocycles. The molecule has 2 atom stereocenters. The van der Waals surface area contributed by atoms with Crippen molar-refractivity contribution < 1.29 is 19.1 Å². The van der Waals surface area contributed by atoms with Crippen LogP contribution >= 0.6 is 0 Å². The van der Waals surface area contributed by atoms with Gasteiger partial charge >= 0.3 is 5.97 Å². The van der Waals surface area contributed by atoms with E-state index in [-0.39, 0.29) is 23.9 Å². The summed E-state index contributed by atoms with van der Waals surface area (Å²) in [7, 11) is 0. The Balaban J connectivity index is 2.31. The SMILES string of the molecule is CC(C)(C)OC(=O)C(C(=O)c1ccccc1)[C@@H]1CCCCC(=O)C1. The molecule has 1 aromatic carbocycles. The monoisotopic (exact) mass is 330 g/mol. The van der Waals surface area contributed by atoms with Crippen LogP contribution in [0.4, 0.5) is 0 Å². The van der Waals surface area contributed by atoms with Crippen molar-refractivity contribution in [2.45, 2.75) is 58.5 Å². The van der Waals surface area contributed by atoms with Gasteiger partial charge in [-0.3, -0.25) is 14.4 Å². The molecule has 2 rings (SSSR count). The fourth-order valence-corrected chi connectivity index (χ4v) is 3.17. The first-order chi connectivity index (χ1) is 11.3. The molecule has 0 aliphatic heterocycles. The maximum atomic E-state index is 13.0. The molecule has 24 heavy (non-hydrogen) atoms. The van der Waals surface area contributed by atoms with Crippen molar-refractivity contribution in [1.82, 2.24) is 0 Å². The summed E-state index contributed by atoms with van der Waals surface area (Å²) in [6, 6.07) is 8.79. The number of carbonyl (C=O) groups excluding carboxylic acids is 3. The third-order valence-electron chi connectivity index (χ3n) is 4.24. The molecule has 4 nitrogen and oxygen atoms in total. The van der Waals surface area contributed by atoms with Crippen molar-refractivity contribution in [2.75, 3.05) is 0 Å². The van der Waals surface area contributed by atoms with Crippen LogP contribution in [0, 0.1) is 11.8 Å². The van der Waals surface area contributed by atoms with Crippen molar-refractivity contribution in [3.05, 3.63) is 35.9 Å². The van der Waals surface area contributed by atoms with Crippen LogP contribution < -0.4 is 0 Å². The Kier molecular flexibility index (Phi) is 5.92. The van der Waals surface area contributed by atoms with E-state index in [1.54, 1.807) is 45.0 Å². The molecule has 1 aromatic rings. The minimum Gasteiger partial charge on any atom is -0.459 e. The third kappa shape index (κ3) is 5.02. The normalized spacial score (nSPS) is 20.1. The summed E-state index contributed by atoms with van der Waals surface area (Å²) in [5, 5.41) is 0. The van der Waals surface area contributed by atoms with E-state index in [0.717, 1.165) is 12.8 Å². The van der Waals surface area contributed by atoms with Gasteiger partial charge in [0.05, 0.1) is 0 Å². The number of carbonyl (C=O) groups is 3. The zero-order chi connectivity index (χ0) is 17.7. The molecule has 0 amide bonds. The van der Waals surface area contributed by atoms with E-state index in [2.05, 4.69) is 0 Å². The zero-order valence-electron chi connectivity index (χ0n) is 14.7. The number of hydrogen-bond donors (Lipinski definition) is 0. The van der Waals surface area contributed by atoms with Crippen LogP contribution in [-0.4, -0.2) is 23.1 Å². The second-order valence-electron chi connectivity index (χ2n) is 7.49. The quantitative estimate of drug-likeness (QED) is 0.363. The second kappa shape index (κ2) is 7.73. The van der Waals surface area contributed by atoms with Gasteiger partial charge in [0, 0.05) is 18.4 Å². The van der Waals surface area contributed by atoms with Gasteiger partial charge in [0.1, 0.15) is 17.3 Å². The molecule has 0 bridgehead atoms. The number of esters is 1. The van der Waals surface area contributed by atoms with Gasteiger partial charge in [0.15, 0.2) is 5.78 Å². The number of rotatable bonds is 4. The third-order valence-corrected chi connectivity index (χ3v) is 4.24. The fraction of sp³-hybridized carbons (Fsp3) is 0.550. The molecule has 0 radical (unpaired) electrons. The van der Waals surface area contributed by atoms with Gasteiger partial charge in [-0.15, -0.1) is 0 Å². The van der Waals surface area contributed by atoms with Gasteiger partial charge in [-0.1, -0.05) is 36.8 Å². The van der Waals surface area contributed by atoms with Crippen LogP contribution in [0.5, 0.6) is 0 Å². The molecule has 1 saturated carbocycles. The highest BCUT2D eigenvalue weighted by Gasteiger charge is 2.39. The molecule has 1 aliphatic carbocycles. The molecule has 1 unspecified atom stereocenters. The highest BCUT2D eigenvalue weighted by atomic mass is 16.6. The van der Waals surface area contributed by atoms with Gasteiger partial charge in [-0.25, -0.2) is 0 Å². The van der Waals surface area contributed by atoms with Crippen LogP contribution in [0.2, 0.25) is 0 Å². The average molecular weight is 330 g/mol. The van der Waals surface area contributed by atoms with Gasteiger partial charge in [-0.05, 0) is 39.5 Å². The zero-order valence-corrected chi connectivity index (χ0v) is 14.7. The molecular weight excluding hydrogens is 304 g/mol. The lowest BCUT2D eigenvalue weighted by Crippen LogP contribution is -2.37. The van der Waals surface area contributed by atoms with Crippen molar-refractivity contribution in [3.8, 4) is 0 Å². The number of ketones is 2. The second-order valence-corrected chi connectivity index (χ2v) is 7.49. The average Bonchev–Trinajstić information content (AvgIpc) is 2.71. The molecule has 4 heteroatoms. The molecule has 0 spiro atoms. The van der Waals surface area contributed by atoms with Gasteiger partial charge in [0.25, 0.3) is 0 Å². The summed E-state index contributed by atoms with van der Waals surface area (Å²) in [5.41, 5.74) is -0.175. The van der Waals surface area contributed by atoms with Gasteiger partial charge in [-0.2, -0.15) is 0 Å². The first-order valence-corrected chi connectivity index (χ1v) is 8.62. The first-order valence-electron chi connectivity index (χ1n) is 8.62. The maximum absolute atomic E-state index is 13.0. The van der Waals surface area contributed by atoms with Crippen LogP contribution in [0.1, 0.15) is 63.2 Å². The van der Waals surface area contributed by atoms with Crippen molar-refractivity contribution in [1.29, 1.82) is 0 Å². The van der Waals surface area contributed by atoms with Crippen molar-refractivity contribution >= 4 is 17.5 Å². The summed E-state index contributed by atoms with van der Waals surface area (Å²) < 4.78 is 5.50. The Hall–Kier alpha value is -1.97. The van der Waals surface area contributed by atoms with E-state index < -0.39 is 17.5 Å². The molecule has 0 N–H and O–H groups in total. The summed E-state index contributed by atoms with van der Waals surface area (Å²) in [5.74, 6) is -1.82. The standard InChI is InChI=1S/C20H26O4/c1-20(2,3)24-19(23)17(15-11-7-8-12-16(21)13-15)18(22)14-9-5-4-6-10-14/h4-6,9-10,15,17H,7-8,11-13H2,1-3H3/t15-,17?/m1/s1. The summed E-state index contributed by atoms with van der Waals surface area (Å²) in [4.78, 5) is 37.7. The number of benzene rings is 1. The van der Waals surface area contributed by atoms with E-state index in [1.165, 1.54) is 0 Å². The molecular formula is C20H26O4. The Bertz CT molecular complexity index is 598. The predicted octanol–water partition coefficient (Wildman–Crippen LogP) is 3.98. The van der Waals surface area contributed by atoms with E-state index in [9.17, 15) is 14.4 Å². The fourth-order valence-electron chi connectivity index (χ4n) is 3.17. The molecule has 130 valence electrons. The van der Waals surface area contributed by atoms with E-state index in [4.69, 9.17) is 4.74 Å². The summed E-state index contributed by atoms with van der Waals surface area (Å²) in [6.07, 6.45) is 3.21. The van der Waals surface area contributed by atoms with Crippen molar-refractivity contribution in [3.63, 3.8) is 0 Å². The lowest BCUT2D eigenvalue weighted by Gasteiger charge is -2.27. The molecule has 1 aliphatic rings. The number of Topliss-reactive ketones (excluding diaryl/α,β-unsaturated/α-hetero) is 2. The number of hydrogen-bond acceptors (Lipinski definition) is 4. The summed E-state index contributed by atoms with van der Waals surface area (Å²) >= 11 is 0. The van der Waals surface area contributed by atoms with E-state index in [0.29, 0.717) is 18.4 Å². The largest absolute Gasteiger partial charge is 0.459 e. The number of ether oxygens (including phenoxy) is 1. The van der Waals surface area contributed by atoms with Gasteiger partial charge in [0.2, 0.25) is 0 Å². The van der Waals surface area contributed by atoms with Crippen LogP contribution in [0.25, 0.3) is 0 Å². The topological polar surface area (TPSA) is 60.4 Å². The lowest BCUT2D eigenvalue weighted by molar-refractivity contribution is -0.159. The lowest BCUT2D eigenvalue weighted by atomic mass is 9.81. The van der Waals surface area contributed by atoms with Crippen LogP contribution in [0.3, 0.4) is 0 Å². The van der Waals surface area contributed by atoms with E-state index >= 15 is 0 Å². The maximum Gasteiger partial charge on any atom is 0.317 e. The first kappa shape index (κ1) is 18.4. The Morgan fingerprint density at radius 1 is 1.12 bits per heavy atom. The van der Waals surface area contributed by atoms with Crippen LogP contribution in [-0.2, 0) is 14.3 Å². The van der Waals surface area contributed by atoms with E-state index in [1.807, 2.05) is 6.07 Å².